The molecular formula is C34H29FN2O2S. The fourth-order valence-electron chi connectivity index (χ4n) is 4.52. The van der Waals surface area contributed by atoms with Gasteiger partial charge in [-0.05, 0) is 45.8 Å². The molecule has 0 saturated heterocycles. The van der Waals surface area contributed by atoms with Gasteiger partial charge in [0.1, 0.15) is 12.7 Å². The van der Waals surface area contributed by atoms with Crippen molar-refractivity contribution in [3.05, 3.63) is 137 Å². The van der Waals surface area contributed by atoms with E-state index in [0.29, 0.717) is 17.7 Å². The molecular weight excluding hydrogens is 519 g/mol. The van der Waals surface area contributed by atoms with Gasteiger partial charge in [-0.3, -0.25) is 9.59 Å². The maximum Gasteiger partial charge on any atom is 0.252 e. The summed E-state index contributed by atoms with van der Waals surface area (Å²) in [4.78, 5) is 26.6. The number of carbonyl (C=O) groups excluding carboxylic acids is 2. The molecule has 1 amide bonds. The predicted octanol–water partition coefficient (Wildman–Crippen LogP) is 7.21. The van der Waals surface area contributed by atoms with Crippen molar-refractivity contribution in [1.29, 1.82) is 0 Å². The van der Waals surface area contributed by atoms with Crippen molar-refractivity contribution in [1.82, 2.24) is 10.6 Å². The van der Waals surface area contributed by atoms with Crippen molar-refractivity contribution >= 4 is 39.2 Å². The van der Waals surface area contributed by atoms with Gasteiger partial charge in [0, 0.05) is 27.8 Å². The van der Waals surface area contributed by atoms with Crippen LogP contribution in [0.1, 0.15) is 27.0 Å². The van der Waals surface area contributed by atoms with Crippen LogP contribution in [0.15, 0.2) is 115 Å². The molecule has 4 aromatic carbocycles. The summed E-state index contributed by atoms with van der Waals surface area (Å²) in [5.74, 6) is -0.504. The van der Waals surface area contributed by atoms with E-state index in [9.17, 15) is 14.0 Å². The Morgan fingerprint density at radius 1 is 0.850 bits per heavy atom. The van der Waals surface area contributed by atoms with Gasteiger partial charge in [0.05, 0.1) is 6.54 Å². The highest BCUT2D eigenvalue weighted by molar-refractivity contribution is 7.17. The van der Waals surface area contributed by atoms with Crippen LogP contribution in [0.3, 0.4) is 0 Å². The third-order valence-corrected chi connectivity index (χ3v) is 7.57. The lowest BCUT2D eigenvalue weighted by Gasteiger charge is -2.16. The number of thiophene rings is 1. The molecule has 200 valence electrons. The third-order valence-electron chi connectivity index (χ3n) is 6.60. The number of carbonyl (C=O) groups is 2. The van der Waals surface area contributed by atoms with E-state index in [4.69, 9.17) is 0 Å². The number of benzene rings is 4. The Labute approximate surface area is 237 Å². The number of halogens is 1. The second kappa shape index (κ2) is 13.1. The molecule has 0 aliphatic carbocycles. The summed E-state index contributed by atoms with van der Waals surface area (Å²) in [5, 5.41) is 9.30. The van der Waals surface area contributed by atoms with Crippen LogP contribution in [0.2, 0.25) is 0 Å². The van der Waals surface area contributed by atoms with Crippen LogP contribution in [0, 0.1) is 0 Å². The van der Waals surface area contributed by atoms with Crippen LogP contribution in [-0.2, 0) is 18.0 Å². The van der Waals surface area contributed by atoms with E-state index in [1.807, 2.05) is 72.8 Å². The topological polar surface area (TPSA) is 58.2 Å². The average molecular weight is 549 g/mol. The molecule has 0 bridgehead atoms. The van der Waals surface area contributed by atoms with Crippen molar-refractivity contribution in [3.63, 3.8) is 0 Å². The Kier molecular flexibility index (Phi) is 8.91. The Morgan fingerprint density at radius 2 is 1.62 bits per heavy atom. The molecule has 1 atom stereocenters. The Morgan fingerprint density at radius 3 is 2.48 bits per heavy atom. The molecule has 5 aromatic rings. The molecule has 1 unspecified atom stereocenters. The van der Waals surface area contributed by atoms with E-state index in [2.05, 4.69) is 28.1 Å². The highest BCUT2D eigenvalue weighted by atomic mass is 32.1. The fourth-order valence-corrected chi connectivity index (χ4v) is 5.49. The maximum absolute atomic E-state index is 13.4. The van der Waals surface area contributed by atoms with Crippen LogP contribution in [0.4, 0.5) is 4.39 Å². The minimum atomic E-state index is -0.831. The van der Waals surface area contributed by atoms with Gasteiger partial charge in [-0.1, -0.05) is 97.1 Å². The first-order chi connectivity index (χ1) is 19.6. The molecule has 0 aliphatic rings. The number of hydrogen-bond acceptors (Lipinski definition) is 4. The second-order valence-corrected chi connectivity index (χ2v) is 10.4. The van der Waals surface area contributed by atoms with Crippen LogP contribution >= 0.6 is 11.3 Å². The smallest absolute Gasteiger partial charge is 0.252 e. The summed E-state index contributed by atoms with van der Waals surface area (Å²) in [6.45, 7) is -0.0703. The third kappa shape index (κ3) is 6.78. The summed E-state index contributed by atoms with van der Waals surface area (Å²) in [7, 11) is 0. The van der Waals surface area contributed by atoms with Gasteiger partial charge in [0.25, 0.3) is 5.91 Å². The standard InChI is InChI=1S/C34H29FN2O2S/c35-20-25-10-6-11-26(18-25)21-36-22-32(38)31(17-16-24-8-2-1-3-9-24)37-34(39)28-13-7-12-27(19-28)30-23-40-33-15-5-4-14-29(30)33/h1-19,23,31,36H,20-22H2,(H,37,39)/b17-16-. The van der Waals surface area contributed by atoms with E-state index in [-0.39, 0.29) is 18.2 Å². The lowest BCUT2D eigenvalue weighted by Crippen LogP contribution is -2.43. The zero-order chi connectivity index (χ0) is 27.7. The molecule has 6 heteroatoms. The number of nitrogens with one attached hydrogen (secondary N) is 2. The van der Waals surface area contributed by atoms with E-state index in [0.717, 1.165) is 27.6 Å². The highest BCUT2D eigenvalue weighted by Gasteiger charge is 2.19. The average Bonchev–Trinajstić information content (AvgIpc) is 3.44. The molecule has 2 N–H and O–H groups in total. The summed E-state index contributed by atoms with van der Waals surface area (Å²) in [5.41, 5.74) is 4.92. The van der Waals surface area contributed by atoms with Crippen LogP contribution in [0.25, 0.3) is 27.3 Å². The number of amides is 1. The molecule has 4 nitrogen and oxygen atoms in total. The van der Waals surface area contributed by atoms with E-state index >= 15 is 0 Å². The molecule has 0 radical (unpaired) electrons. The SMILES string of the molecule is O=C(NC(/C=C\c1ccccc1)C(=O)CNCc1cccc(CF)c1)c1cccc(-c2csc3ccccc23)c1. The van der Waals surface area contributed by atoms with Crippen molar-refractivity contribution in [2.45, 2.75) is 19.3 Å². The van der Waals surface area contributed by atoms with Gasteiger partial charge in [-0.25, -0.2) is 4.39 Å². The second-order valence-electron chi connectivity index (χ2n) is 9.47. The molecule has 0 spiro atoms. The van der Waals surface area contributed by atoms with Gasteiger partial charge in [-0.2, -0.15) is 0 Å². The molecule has 0 aliphatic heterocycles. The Bertz CT molecular complexity index is 1640. The predicted molar refractivity (Wildman–Crippen MR) is 162 cm³/mol. The quantitative estimate of drug-likeness (QED) is 0.183. The summed E-state index contributed by atoms with van der Waals surface area (Å²) in [6, 6.07) is 31.6. The number of hydrogen-bond donors (Lipinski definition) is 2. The first kappa shape index (κ1) is 27.2. The number of rotatable bonds is 11. The first-order valence-electron chi connectivity index (χ1n) is 13.1. The first-order valence-corrected chi connectivity index (χ1v) is 14.0. The van der Waals surface area contributed by atoms with Gasteiger partial charge in [0.15, 0.2) is 5.78 Å². The van der Waals surface area contributed by atoms with Crippen molar-refractivity contribution in [2.24, 2.45) is 0 Å². The molecule has 0 saturated carbocycles. The Balaban J connectivity index is 1.32. The van der Waals surface area contributed by atoms with Gasteiger partial charge >= 0.3 is 0 Å². The zero-order valence-corrected chi connectivity index (χ0v) is 22.7. The molecule has 0 fully saturated rings. The Hall–Kier alpha value is -4.39. The van der Waals surface area contributed by atoms with Crippen LogP contribution in [0.5, 0.6) is 0 Å². The van der Waals surface area contributed by atoms with Gasteiger partial charge in [0.2, 0.25) is 0 Å². The minimum absolute atomic E-state index is 0.0465. The monoisotopic (exact) mass is 548 g/mol. The molecule has 5 rings (SSSR count). The minimum Gasteiger partial charge on any atom is -0.339 e. The van der Waals surface area contributed by atoms with Crippen LogP contribution < -0.4 is 10.6 Å². The number of ketones is 1. The number of alkyl halides is 1. The number of fused-ring (bicyclic) bond motifs is 1. The van der Waals surface area contributed by atoms with E-state index in [1.165, 1.54) is 4.70 Å². The molecule has 1 aromatic heterocycles. The normalized spacial score (nSPS) is 12.0. The lowest BCUT2D eigenvalue weighted by atomic mass is 10.0. The van der Waals surface area contributed by atoms with Gasteiger partial charge in [-0.15, -0.1) is 11.3 Å². The lowest BCUT2D eigenvalue weighted by molar-refractivity contribution is -0.119. The van der Waals surface area contributed by atoms with Crippen molar-refractivity contribution in [2.75, 3.05) is 6.54 Å². The largest absolute Gasteiger partial charge is 0.339 e. The molecule has 40 heavy (non-hydrogen) atoms. The van der Waals surface area contributed by atoms with Crippen molar-refractivity contribution < 1.29 is 14.0 Å². The zero-order valence-electron chi connectivity index (χ0n) is 21.8. The van der Waals surface area contributed by atoms with Gasteiger partial charge < -0.3 is 10.6 Å². The van der Waals surface area contributed by atoms with E-state index < -0.39 is 12.7 Å². The van der Waals surface area contributed by atoms with Crippen molar-refractivity contribution in [3.8, 4) is 11.1 Å². The summed E-state index contributed by atoms with van der Waals surface area (Å²) >= 11 is 1.67. The maximum atomic E-state index is 13.4. The van der Waals surface area contributed by atoms with E-state index in [1.54, 1.807) is 41.7 Å². The molecule has 1 heterocycles. The summed E-state index contributed by atoms with van der Waals surface area (Å²) < 4.78 is 14.2. The highest BCUT2D eigenvalue weighted by Crippen LogP contribution is 2.34. The number of Topliss-reactive ketones (excluding diaryl/α,β-unsaturated/α-hetero) is 1. The van der Waals surface area contributed by atoms with Crippen LogP contribution in [-0.4, -0.2) is 24.3 Å². The fraction of sp³-hybridized carbons (Fsp3) is 0.118. The summed E-state index contributed by atoms with van der Waals surface area (Å²) in [6.07, 6.45) is 3.55.